The largest absolute Gasteiger partial charge is 0.506 e. The van der Waals surface area contributed by atoms with E-state index in [1.807, 2.05) is 0 Å². The number of alkyl halides is 3. The van der Waals surface area contributed by atoms with Gasteiger partial charge in [-0.2, -0.15) is 13.2 Å². The van der Waals surface area contributed by atoms with Crippen LogP contribution in [0.15, 0.2) is 77.7 Å². The molecule has 4 aromatic rings. The molecule has 13 heteroatoms. The number of phenolic OH excluding ortho intramolecular Hbond substituents is 1. The van der Waals surface area contributed by atoms with Crippen LogP contribution in [0.4, 0.5) is 18.9 Å². The third-order valence-corrected chi connectivity index (χ3v) is 5.70. The summed E-state index contributed by atoms with van der Waals surface area (Å²) < 4.78 is 55.0. The number of aromatic nitrogens is 1. The van der Waals surface area contributed by atoms with Gasteiger partial charge in [0.2, 0.25) is 5.56 Å². The highest BCUT2D eigenvalue weighted by Gasteiger charge is 2.32. The number of hydrogen-bond donors (Lipinski definition) is 3. The zero-order valence-electron chi connectivity index (χ0n) is 20.8. The van der Waals surface area contributed by atoms with Gasteiger partial charge in [0, 0.05) is 30.1 Å². The Hall–Kier alpha value is -4.35. The Morgan fingerprint density at radius 2 is 1.50 bits per heavy atom. The molecule has 0 radical (unpaired) electrons. The number of methoxy groups -OCH3 is 2. The van der Waals surface area contributed by atoms with Gasteiger partial charge in [0.25, 0.3) is 5.91 Å². The van der Waals surface area contributed by atoms with Gasteiger partial charge in [-0.3, -0.25) is 9.59 Å². The first-order valence-corrected chi connectivity index (χ1v) is 11.9. The number of anilines is 1. The van der Waals surface area contributed by atoms with E-state index >= 15 is 0 Å². The maximum Gasteiger partial charge on any atom is 0.416 e. The Morgan fingerprint density at radius 1 is 0.875 bits per heavy atom. The van der Waals surface area contributed by atoms with Crippen LogP contribution in [0.5, 0.6) is 28.7 Å². The van der Waals surface area contributed by atoms with Gasteiger partial charge in [0.15, 0.2) is 0 Å². The van der Waals surface area contributed by atoms with Crippen molar-refractivity contribution in [3.8, 4) is 28.7 Å². The standard InChI is InChI=1S/C20H14ClF3N2O4.C7H7ClO2/c1-29-13-3-5-17(15(21)10-13)30-16-4-2-11(20(22,23)24)8-14(16)19(28)26-12-6-7-25-18(27)9-12;1-10-5-2-3-7(9)6(8)4-5/h2-10H,1H3,(H2,25,26,27,28);2-4,9H,1H3. The minimum absolute atomic E-state index is 0.0717. The molecule has 0 saturated carbocycles. The minimum atomic E-state index is -4.67. The Morgan fingerprint density at radius 3 is 2.08 bits per heavy atom. The molecule has 4 rings (SSSR count). The van der Waals surface area contributed by atoms with Crippen LogP contribution in [0, 0.1) is 0 Å². The average Bonchev–Trinajstić information content (AvgIpc) is 2.91. The van der Waals surface area contributed by atoms with Gasteiger partial charge in [-0.05, 0) is 48.5 Å². The summed E-state index contributed by atoms with van der Waals surface area (Å²) in [6.07, 6.45) is -3.38. The summed E-state index contributed by atoms with van der Waals surface area (Å²) in [6, 6.07) is 14.1. The molecule has 1 heterocycles. The number of H-pyrrole nitrogens is 1. The van der Waals surface area contributed by atoms with E-state index in [0.29, 0.717) is 22.6 Å². The van der Waals surface area contributed by atoms with Gasteiger partial charge in [-0.25, -0.2) is 0 Å². The van der Waals surface area contributed by atoms with Gasteiger partial charge in [-0.15, -0.1) is 0 Å². The van der Waals surface area contributed by atoms with Crippen molar-refractivity contribution >= 4 is 34.8 Å². The van der Waals surface area contributed by atoms with Crippen molar-refractivity contribution in [2.45, 2.75) is 6.18 Å². The molecule has 0 spiro atoms. The first-order chi connectivity index (χ1) is 18.9. The predicted molar refractivity (Wildman–Crippen MR) is 144 cm³/mol. The van der Waals surface area contributed by atoms with E-state index in [1.54, 1.807) is 25.3 Å². The Labute approximate surface area is 235 Å². The molecule has 0 fully saturated rings. The van der Waals surface area contributed by atoms with Crippen molar-refractivity contribution in [3.05, 3.63) is 104 Å². The van der Waals surface area contributed by atoms with E-state index in [4.69, 9.17) is 42.5 Å². The second kappa shape index (κ2) is 13.1. The molecule has 1 amide bonds. The first-order valence-electron chi connectivity index (χ1n) is 11.2. The Balaban J connectivity index is 0.000000371. The van der Waals surface area contributed by atoms with Crippen LogP contribution in [0.3, 0.4) is 0 Å². The van der Waals surface area contributed by atoms with Crippen LogP contribution in [0.25, 0.3) is 0 Å². The van der Waals surface area contributed by atoms with Gasteiger partial charge in [0.1, 0.15) is 28.7 Å². The zero-order valence-corrected chi connectivity index (χ0v) is 22.3. The number of hydrogen-bond acceptors (Lipinski definition) is 6. The molecule has 0 aliphatic heterocycles. The number of aromatic amines is 1. The topological polar surface area (TPSA) is 110 Å². The maximum atomic E-state index is 13.2. The third-order valence-electron chi connectivity index (χ3n) is 5.10. The van der Waals surface area contributed by atoms with Crippen LogP contribution >= 0.6 is 23.2 Å². The molecular formula is C27H21Cl2F3N2O6. The molecule has 8 nitrogen and oxygen atoms in total. The number of carbonyl (C=O) groups excluding carboxylic acids is 1. The van der Waals surface area contributed by atoms with E-state index in [2.05, 4.69) is 10.3 Å². The summed E-state index contributed by atoms with van der Waals surface area (Å²) in [4.78, 5) is 26.4. The smallest absolute Gasteiger partial charge is 0.416 e. The minimum Gasteiger partial charge on any atom is -0.506 e. The van der Waals surface area contributed by atoms with Gasteiger partial charge in [-0.1, -0.05) is 23.2 Å². The number of halogens is 5. The molecule has 0 aliphatic rings. The number of phenols is 1. The van der Waals surface area contributed by atoms with Gasteiger partial charge in [0.05, 0.1) is 35.4 Å². The number of benzene rings is 3. The molecule has 3 aromatic carbocycles. The molecule has 0 atom stereocenters. The Bertz CT molecular complexity index is 1560. The van der Waals surface area contributed by atoms with Crippen molar-refractivity contribution in [2.75, 3.05) is 19.5 Å². The number of nitrogens with one attached hydrogen (secondary N) is 2. The van der Waals surface area contributed by atoms with Gasteiger partial charge < -0.3 is 29.6 Å². The zero-order chi connectivity index (χ0) is 29.4. The van der Waals surface area contributed by atoms with E-state index in [1.165, 1.54) is 37.6 Å². The fourth-order valence-electron chi connectivity index (χ4n) is 3.12. The Kier molecular flexibility index (Phi) is 9.92. The SMILES string of the molecule is COc1ccc(O)c(Cl)c1.COc1ccc(Oc2ccc(C(F)(F)F)cc2C(=O)Nc2cc[nH]c(=O)c2)c(Cl)c1. The number of carbonyl (C=O) groups is 1. The van der Waals surface area contributed by atoms with E-state index < -0.39 is 28.8 Å². The molecule has 0 unspecified atom stereocenters. The summed E-state index contributed by atoms with van der Waals surface area (Å²) >= 11 is 11.7. The van der Waals surface area contributed by atoms with E-state index in [0.717, 1.165) is 18.2 Å². The predicted octanol–water partition coefficient (Wildman–Crippen LogP) is 7.15. The molecule has 3 N–H and O–H groups in total. The highest BCUT2D eigenvalue weighted by molar-refractivity contribution is 6.32. The van der Waals surface area contributed by atoms with E-state index in [-0.39, 0.29) is 28.0 Å². The quantitative estimate of drug-likeness (QED) is 0.218. The summed E-state index contributed by atoms with van der Waals surface area (Å²) in [6.45, 7) is 0. The van der Waals surface area contributed by atoms with Crippen LogP contribution in [-0.2, 0) is 6.18 Å². The van der Waals surface area contributed by atoms with Crippen molar-refractivity contribution < 1.29 is 37.3 Å². The first kappa shape index (κ1) is 30.2. The summed E-state index contributed by atoms with van der Waals surface area (Å²) in [5, 5.41) is 11.8. The maximum absolute atomic E-state index is 13.2. The lowest BCUT2D eigenvalue weighted by atomic mass is 10.1. The second-order valence-corrected chi connectivity index (χ2v) is 8.63. The number of amides is 1. The monoisotopic (exact) mass is 596 g/mol. The normalized spacial score (nSPS) is 10.7. The van der Waals surface area contributed by atoms with Crippen molar-refractivity contribution in [1.29, 1.82) is 0 Å². The van der Waals surface area contributed by atoms with Crippen LogP contribution in [-0.4, -0.2) is 30.2 Å². The highest BCUT2D eigenvalue weighted by atomic mass is 35.5. The fraction of sp³-hybridized carbons (Fsp3) is 0.111. The molecule has 0 saturated heterocycles. The van der Waals surface area contributed by atoms with Crippen molar-refractivity contribution in [3.63, 3.8) is 0 Å². The van der Waals surface area contributed by atoms with Gasteiger partial charge >= 0.3 is 6.18 Å². The van der Waals surface area contributed by atoms with E-state index in [9.17, 15) is 22.8 Å². The molecular weight excluding hydrogens is 576 g/mol. The average molecular weight is 597 g/mol. The molecule has 0 bridgehead atoms. The fourth-order valence-corrected chi connectivity index (χ4v) is 3.50. The van der Waals surface area contributed by atoms with Crippen molar-refractivity contribution in [1.82, 2.24) is 4.98 Å². The number of pyridine rings is 1. The molecule has 0 aliphatic carbocycles. The van der Waals surface area contributed by atoms with Crippen molar-refractivity contribution in [2.24, 2.45) is 0 Å². The summed E-state index contributed by atoms with van der Waals surface area (Å²) in [5.41, 5.74) is -1.81. The number of rotatable bonds is 6. The van der Waals surface area contributed by atoms with Crippen LogP contribution < -0.4 is 25.1 Å². The molecule has 210 valence electrons. The number of ether oxygens (including phenoxy) is 3. The summed E-state index contributed by atoms with van der Waals surface area (Å²) in [5.74, 6) is 0.225. The molecule has 40 heavy (non-hydrogen) atoms. The lowest BCUT2D eigenvalue weighted by molar-refractivity contribution is -0.137. The third kappa shape index (κ3) is 8.08. The lowest BCUT2D eigenvalue weighted by Gasteiger charge is -2.15. The lowest BCUT2D eigenvalue weighted by Crippen LogP contribution is -2.16. The van der Waals surface area contributed by atoms with Crippen LogP contribution in [0.1, 0.15) is 15.9 Å². The highest BCUT2D eigenvalue weighted by Crippen LogP contribution is 2.37. The van der Waals surface area contributed by atoms with Crippen LogP contribution in [0.2, 0.25) is 10.0 Å². The number of aromatic hydroxyl groups is 1. The summed E-state index contributed by atoms with van der Waals surface area (Å²) in [7, 11) is 2.99. The second-order valence-electron chi connectivity index (χ2n) is 7.82. The molecule has 1 aromatic heterocycles.